The molecule has 23 heavy (non-hydrogen) atoms. The Morgan fingerprint density at radius 2 is 1.87 bits per heavy atom. The third kappa shape index (κ3) is 2.18. The summed E-state index contributed by atoms with van der Waals surface area (Å²) in [5.41, 5.74) is 1.81. The van der Waals surface area contributed by atoms with E-state index in [1.807, 2.05) is 0 Å². The van der Waals surface area contributed by atoms with Crippen LogP contribution < -0.4 is 9.47 Å². The summed E-state index contributed by atoms with van der Waals surface area (Å²) in [5.74, 6) is 1.65. The van der Waals surface area contributed by atoms with E-state index in [-0.39, 0.29) is 11.0 Å². The van der Waals surface area contributed by atoms with Gasteiger partial charge in [-0.05, 0) is 63.4 Å². The van der Waals surface area contributed by atoms with Gasteiger partial charge in [0, 0.05) is 11.5 Å². The smallest absolute Gasteiger partial charge is 0.161 e. The van der Waals surface area contributed by atoms with Crippen molar-refractivity contribution in [3.05, 3.63) is 23.8 Å². The zero-order valence-electron chi connectivity index (χ0n) is 14.4. The first-order valence-corrected chi connectivity index (χ1v) is 8.69. The highest BCUT2D eigenvalue weighted by Gasteiger charge is 2.56. The Bertz CT molecular complexity index is 598. The van der Waals surface area contributed by atoms with Gasteiger partial charge >= 0.3 is 0 Å². The van der Waals surface area contributed by atoms with Gasteiger partial charge in [0.15, 0.2) is 11.5 Å². The van der Waals surface area contributed by atoms with Gasteiger partial charge in [-0.15, -0.1) is 0 Å². The van der Waals surface area contributed by atoms with Crippen LogP contribution in [0.2, 0.25) is 0 Å². The van der Waals surface area contributed by atoms with Crippen molar-refractivity contribution in [3.63, 3.8) is 0 Å². The molecule has 1 spiro atoms. The number of hydrogen-bond donors (Lipinski definition) is 0. The van der Waals surface area contributed by atoms with Crippen LogP contribution in [0.3, 0.4) is 0 Å². The minimum Gasteiger partial charge on any atom is -0.493 e. The van der Waals surface area contributed by atoms with Crippen molar-refractivity contribution in [1.82, 2.24) is 4.90 Å². The van der Waals surface area contributed by atoms with E-state index in [0.717, 1.165) is 31.1 Å². The summed E-state index contributed by atoms with van der Waals surface area (Å²) in [6, 6.07) is 7.06. The molecule has 0 aromatic heterocycles. The summed E-state index contributed by atoms with van der Waals surface area (Å²) < 4.78 is 17.0. The van der Waals surface area contributed by atoms with E-state index < -0.39 is 0 Å². The fraction of sp³-hybridized carbons (Fsp3) is 0.684. The Labute approximate surface area is 138 Å². The van der Waals surface area contributed by atoms with E-state index >= 15 is 0 Å². The summed E-state index contributed by atoms with van der Waals surface area (Å²) in [7, 11) is 5.68. The zero-order chi connectivity index (χ0) is 16.1. The van der Waals surface area contributed by atoms with Gasteiger partial charge in [0.2, 0.25) is 0 Å². The number of likely N-dealkylation sites (N-methyl/N-ethyl adjacent to an activating group) is 1. The molecule has 1 aromatic rings. The Kier molecular flexibility index (Phi) is 3.58. The second-order valence-electron chi connectivity index (χ2n) is 7.46. The lowest BCUT2D eigenvalue weighted by Crippen LogP contribution is -2.57. The number of methoxy groups -OCH3 is 2. The van der Waals surface area contributed by atoms with Gasteiger partial charge in [0.1, 0.15) is 0 Å². The molecule has 2 saturated heterocycles. The number of ether oxygens (including phenoxy) is 3. The van der Waals surface area contributed by atoms with E-state index in [2.05, 4.69) is 30.1 Å². The normalized spacial score (nSPS) is 36.6. The van der Waals surface area contributed by atoms with E-state index in [1.54, 1.807) is 14.2 Å². The minimum atomic E-state index is 0.170. The number of fused-ring (bicyclic) bond motifs is 1. The van der Waals surface area contributed by atoms with Gasteiger partial charge in [0.25, 0.3) is 0 Å². The molecule has 2 heterocycles. The highest BCUT2D eigenvalue weighted by Crippen LogP contribution is 2.55. The maximum Gasteiger partial charge on any atom is 0.161 e. The molecule has 1 saturated carbocycles. The van der Waals surface area contributed by atoms with Crippen LogP contribution in [0.15, 0.2) is 18.2 Å². The number of rotatable bonds is 3. The molecular weight excluding hydrogens is 290 g/mol. The fourth-order valence-electron chi connectivity index (χ4n) is 5.04. The first-order chi connectivity index (χ1) is 11.1. The monoisotopic (exact) mass is 317 g/mol. The van der Waals surface area contributed by atoms with Crippen LogP contribution in [-0.4, -0.2) is 51.0 Å². The topological polar surface area (TPSA) is 30.9 Å². The third-order valence-corrected chi connectivity index (χ3v) is 6.60. The second-order valence-corrected chi connectivity index (χ2v) is 7.46. The molecule has 4 heteroatoms. The second kappa shape index (κ2) is 5.38. The molecule has 3 fully saturated rings. The van der Waals surface area contributed by atoms with Crippen LogP contribution in [0, 0.1) is 0 Å². The molecule has 126 valence electrons. The molecule has 3 atom stereocenters. The van der Waals surface area contributed by atoms with E-state index in [0.29, 0.717) is 6.04 Å². The van der Waals surface area contributed by atoms with E-state index in [9.17, 15) is 0 Å². The zero-order valence-corrected chi connectivity index (χ0v) is 14.4. The molecule has 0 amide bonds. The van der Waals surface area contributed by atoms with Gasteiger partial charge in [-0.1, -0.05) is 6.07 Å². The van der Waals surface area contributed by atoms with Crippen LogP contribution in [0.1, 0.15) is 37.7 Å². The van der Waals surface area contributed by atoms with Crippen molar-refractivity contribution in [2.24, 2.45) is 0 Å². The summed E-state index contributed by atoms with van der Waals surface area (Å²) in [4.78, 5) is 2.54. The Hall–Kier alpha value is -1.26. The standard InChI is InChI=1S/C19H27NO3/c1-20-10-8-19(7-6-18(9-11-23-18)13-17(19)20)14-4-5-15(21-2)16(12-14)22-3/h4-5,12,17H,6-11,13H2,1-3H3/t17-,18?,19-/m0/s1. The number of hydrogen-bond acceptors (Lipinski definition) is 4. The Balaban J connectivity index is 1.71. The summed E-state index contributed by atoms with van der Waals surface area (Å²) >= 11 is 0. The fourth-order valence-corrected chi connectivity index (χ4v) is 5.04. The van der Waals surface area contributed by atoms with Crippen molar-refractivity contribution in [1.29, 1.82) is 0 Å². The highest BCUT2D eigenvalue weighted by molar-refractivity contribution is 5.46. The Morgan fingerprint density at radius 3 is 2.52 bits per heavy atom. The average Bonchev–Trinajstić information content (AvgIpc) is 2.90. The quantitative estimate of drug-likeness (QED) is 0.857. The number of likely N-dealkylation sites (tertiary alicyclic amines) is 1. The van der Waals surface area contributed by atoms with Gasteiger partial charge in [-0.3, -0.25) is 0 Å². The van der Waals surface area contributed by atoms with Gasteiger partial charge < -0.3 is 19.1 Å². The van der Waals surface area contributed by atoms with Crippen LogP contribution in [0.25, 0.3) is 0 Å². The molecule has 4 rings (SSSR count). The van der Waals surface area contributed by atoms with Gasteiger partial charge in [-0.25, -0.2) is 0 Å². The van der Waals surface area contributed by atoms with E-state index in [1.165, 1.54) is 31.2 Å². The van der Waals surface area contributed by atoms with Crippen molar-refractivity contribution in [3.8, 4) is 11.5 Å². The SMILES string of the molecule is COc1ccc([C@]23CCN(C)[C@H]2CC2(CCO2)CC3)cc1OC. The van der Waals surface area contributed by atoms with Crippen molar-refractivity contribution >= 4 is 0 Å². The maximum absolute atomic E-state index is 6.01. The van der Waals surface area contributed by atoms with Crippen molar-refractivity contribution in [2.75, 3.05) is 34.4 Å². The molecule has 0 radical (unpaired) electrons. The lowest BCUT2D eigenvalue weighted by molar-refractivity contribution is -0.181. The van der Waals surface area contributed by atoms with Crippen LogP contribution in [-0.2, 0) is 10.2 Å². The molecule has 0 N–H and O–H groups in total. The largest absolute Gasteiger partial charge is 0.493 e. The first kappa shape index (κ1) is 15.3. The maximum atomic E-state index is 6.01. The molecule has 4 nitrogen and oxygen atoms in total. The van der Waals surface area contributed by atoms with Gasteiger partial charge in [-0.2, -0.15) is 0 Å². The molecule has 2 aliphatic heterocycles. The minimum absolute atomic E-state index is 0.170. The highest BCUT2D eigenvalue weighted by atomic mass is 16.5. The molecule has 1 aliphatic carbocycles. The number of benzene rings is 1. The van der Waals surface area contributed by atoms with Crippen LogP contribution in [0.4, 0.5) is 0 Å². The third-order valence-electron chi connectivity index (χ3n) is 6.60. The van der Waals surface area contributed by atoms with Crippen molar-refractivity contribution in [2.45, 2.75) is 49.2 Å². The summed E-state index contributed by atoms with van der Waals surface area (Å²) in [5, 5.41) is 0. The summed E-state index contributed by atoms with van der Waals surface area (Å²) in [6.45, 7) is 2.11. The van der Waals surface area contributed by atoms with Crippen molar-refractivity contribution < 1.29 is 14.2 Å². The van der Waals surface area contributed by atoms with Gasteiger partial charge in [0.05, 0.1) is 26.4 Å². The predicted octanol–water partition coefficient (Wildman–Crippen LogP) is 2.99. The van der Waals surface area contributed by atoms with Crippen LogP contribution in [0.5, 0.6) is 11.5 Å². The molecule has 0 bridgehead atoms. The first-order valence-electron chi connectivity index (χ1n) is 8.69. The molecule has 3 aliphatic rings. The average molecular weight is 317 g/mol. The summed E-state index contributed by atoms with van der Waals surface area (Å²) in [6.07, 6.45) is 6.01. The molecular formula is C19H27NO3. The molecule has 1 aromatic carbocycles. The van der Waals surface area contributed by atoms with Crippen LogP contribution >= 0.6 is 0 Å². The Morgan fingerprint density at radius 1 is 1.09 bits per heavy atom. The lowest BCUT2D eigenvalue weighted by atomic mass is 9.61. The predicted molar refractivity (Wildman–Crippen MR) is 89.4 cm³/mol. The lowest BCUT2D eigenvalue weighted by Gasteiger charge is -2.54. The van der Waals surface area contributed by atoms with E-state index in [4.69, 9.17) is 14.2 Å². The molecule has 1 unspecified atom stereocenters. The number of nitrogens with zero attached hydrogens (tertiary/aromatic N) is 1.